The van der Waals surface area contributed by atoms with Gasteiger partial charge < -0.3 is 16.2 Å². The van der Waals surface area contributed by atoms with E-state index in [0.29, 0.717) is 18.2 Å². The molecule has 1 aromatic rings. The van der Waals surface area contributed by atoms with Crippen LogP contribution >= 0.6 is 0 Å². The summed E-state index contributed by atoms with van der Waals surface area (Å²) in [7, 11) is 0. The highest BCUT2D eigenvalue weighted by Gasteiger charge is 1.98. The Balaban J connectivity index is 2.89. The van der Waals surface area contributed by atoms with E-state index in [0.717, 1.165) is 0 Å². The molecule has 0 aliphatic rings. The number of rotatable bonds is 2. The van der Waals surface area contributed by atoms with Crippen molar-refractivity contribution in [3.05, 3.63) is 6.07 Å². The molecule has 11 heavy (non-hydrogen) atoms. The van der Waals surface area contributed by atoms with Crippen molar-refractivity contribution in [1.82, 2.24) is 9.97 Å². The van der Waals surface area contributed by atoms with Crippen LogP contribution in [0.5, 0.6) is 6.01 Å². The molecule has 0 aromatic carbocycles. The number of hydrogen-bond acceptors (Lipinski definition) is 5. The summed E-state index contributed by atoms with van der Waals surface area (Å²) in [6.07, 6.45) is 0. The first kappa shape index (κ1) is 7.59. The molecule has 1 rings (SSSR count). The molecule has 0 bridgehead atoms. The van der Waals surface area contributed by atoms with E-state index in [2.05, 4.69) is 9.97 Å². The second kappa shape index (κ2) is 3.05. The number of nitrogen functional groups attached to an aromatic ring is 2. The molecule has 5 nitrogen and oxygen atoms in total. The Morgan fingerprint density at radius 3 is 2.36 bits per heavy atom. The number of nitrogens with two attached hydrogens (primary N) is 2. The molecule has 0 unspecified atom stereocenters. The minimum Gasteiger partial charge on any atom is -0.464 e. The molecule has 1 heterocycles. The lowest BCUT2D eigenvalue weighted by Crippen LogP contribution is -2.02. The van der Waals surface area contributed by atoms with E-state index in [1.165, 1.54) is 6.07 Å². The first-order valence-electron chi connectivity index (χ1n) is 3.25. The van der Waals surface area contributed by atoms with E-state index in [1.54, 1.807) is 0 Å². The molecule has 0 atom stereocenters. The van der Waals surface area contributed by atoms with Gasteiger partial charge in [-0.15, -0.1) is 0 Å². The Morgan fingerprint density at radius 2 is 1.91 bits per heavy atom. The second-order valence-corrected chi connectivity index (χ2v) is 1.93. The Bertz CT molecular complexity index is 230. The van der Waals surface area contributed by atoms with Crippen LogP contribution in [0.1, 0.15) is 6.92 Å². The van der Waals surface area contributed by atoms with Crippen LogP contribution in [-0.4, -0.2) is 16.6 Å². The van der Waals surface area contributed by atoms with Gasteiger partial charge in [0.1, 0.15) is 11.6 Å². The number of ether oxygens (including phenoxy) is 1. The second-order valence-electron chi connectivity index (χ2n) is 1.93. The van der Waals surface area contributed by atoms with Crippen molar-refractivity contribution in [2.75, 3.05) is 18.1 Å². The summed E-state index contributed by atoms with van der Waals surface area (Å²) < 4.78 is 4.99. The van der Waals surface area contributed by atoms with E-state index >= 15 is 0 Å². The lowest BCUT2D eigenvalue weighted by Gasteiger charge is -2.01. The van der Waals surface area contributed by atoms with E-state index < -0.39 is 0 Å². The fourth-order valence-corrected chi connectivity index (χ4v) is 0.656. The molecule has 0 aliphatic carbocycles. The van der Waals surface area contributed by atoms with Crippen molar-refractivity contribution in [1.29, 1.82) is 0 Å². The number of anilines is 2. The highest BCUT2D eigenvalue weighted by Crippen LogP contribution is 2.09. The summed E-state index contributed by atoms with van der Waals surface area (Å²) in [5.74, 6) is 0.641. The summed E-state index contributed by atoms with van der Waals surface area (Å²) in [5.41, 5.74) is 10.8. The van der Waals surface area contributed by atoms with E-state index in [-0.39, 0.29) is 6.01 Å². The van der Waals surface area contributed by atoms with Gasteiger partial charge in [0.2, 0.25) is 0 Å². The third-order valence-electron chi connectivity index (χ3n) is 1.02. The van der Waals surface area contributed by atoms with Gasteiger partial charge in [-0.2, -0.15) is 9.97 Å². The van der Waals surface area contributed by atoms with Crippen molar-refractivity contribution in [2.24, 2.45) is 0 Å². The van der Waals surface area contributed by atoms with E-state index in [4.69, 9.17) is 16.2 Å². The third kappa shape index (κ3) is 1.96. The normalized spacial score (nSPS) is 9.55. The monoisotopic (exact) mass is 154 g/mol. The minimum absolute atomic E-state index is 0.227. The summed E-state index contributed by atoms with van der Waals surface area (Å²) in [4.78, 5) is 7.58. The van der Waals surface area contributed by atoms with Crippen molar-refractivity contribution >= 4 is 11.6 Å². The van der Waals surface area contributed by atoms with Crippen LogP contribution in [0.15, 0.2) is 6.07 Å². The van der Waals surface area contributed by atoms with Crippen LogP contribution in [0, 0.1) is 0 Å². The topological polar surface area (TPSA) is 87.0 Å². The molecule has 0 aliphatic heterocycles. The Hall–Kier alpha value is -1.52. The van der Waals surface area contributed by atoms with Gasteiger partial charge in [0.05, 0.1) is 6.61 Å². The van der Waals surface area contributed by atoms with Gasteiger partial charge in [0, 0.05) is 6.07 Å². The molecule has 0 fully saturated rings. The fraction of sp³-hybridized carbons (Fsp3) is 0.333. The quantitative estimate of drug-likeness (QED) is 0.628. The van der Waals surface area contributed by atoms with E-state index in [1.807, 2.05) is 6.92 Å². The van der Waals surface area contributed by atoms with Crippen LogP contribution in [0.25, 0.3) is 0 Å². The van der Waals surface area contributed by atoms with Gasteiger partial charge >= 0.3 is 6.01 Å². The molecule has 0 saturated carbocycles. The maximum atomic E-state index is 5.38. The summed E-state index contributed by atoms with van der Waals surface area (Å²) in [5, 5.41) is 0. The van der Waals surface area contributed by atoms with Gasteiger partial charge in [-0.05, 0) is 6.92 Å². The Kier molecular flexibility index (Phi) is 2.10. The lowest BCUT2D eigenvalue weighted by atomic mass is 10.5. The zero-order chi connectivity index (χ0) is 8.27. The Labute approximate surface area is 64.4 Å². The molecule has 0 saturated heterocycles. The van der Waals surface area contributed by atoms with Gasteiger partial charge in [0.15, 0.2) is 0 Å². The van der Waals surface area contributed by atoms with Crippen LogP contribution in [0.2, 0.25) is 0 Å². The standard InChI is InChI=1S/C6H10N4O/c1-2-11-6-9-4(7)3-5(8)10-6/h3H,2H2,1H3,(H4,7,8,9,10). The van der Waals surface area contributed by atoms with Gasteiger partial charge in [0.25, 0.3) is 0 Å². The molecule has 5 heteroatoms. The largest absolute Gasteiger partial charge is 0.464 e. The third-order valence-corrected chi connectivity index (χ3v) is 1.02. The molecular formula is C6H10N4O. The number of nitrogens with zero attached hydrogens (tertiary/aromatic N) is 2. The average molecular weight is 154 g/mol. The molecular weight excluding hydrogens is 144 g/mol. The van der Waals surface area contributed by atoms with Crippen LogP contribution in [0.4, 0.5) is 11.6 Å². The first-order chi connectivity index (χ1) is 5.22. The number of hydrogen-bond donors (Lipinski definition) is 2. The first-order valence-corrected chi connectivity index (χ1v) is 3.25. The van der Waals surface area contributed by atoms with Crippen LogP contribution < -0.4 is 16.2 Å². The molecule has 0 radical (unpaired) electrons. The molecule has 1 aromatic heterocycles. The molecule has 0 amide bonds. The average Bonchev–Trinajstić information content (AvgIpc) is 1.85. The molecule has 4 N–H and O–H groups in total. The summed E-state index contributed by atoms with van der Waals surface area (Å²) in [6.45, 7) is 2.34. The van der Waals surface area contributed by atoms with Crippen molar-refractivity contribution < 1.29 is 4.74 Å². The molecule has 0 spiro atoms. The number of aromatic nitrogens is 2. The maximum Gasteiger partial charge on any atom is 0.320 e. The van der Waals surface area contributed by atoms with Crippen LogP contribution in [-0.2, 0) is 0 Å². The minimum atomic E-state index is 0.227. The fourth-order valence-electron chi connectivity index (χ4n) is 0.656. The summed E-state index contributed by atoms with van der Waals surface area (Å²) >= 11 is 0. The zero-order valence-electron chi connectivity index (χ0n) is 6.24. The van der Waals surface area contributed by atoms with Crippen molar-refractivity contribution in [2.45, 2.75) is 6.92 Å². The Morgan fingerprint density at radius 1 is 1.36 bits per heavy atom. The van der Waals surface area contributed by atoms with Crippen molar-refractivity contribution in [3.8, 4) is 6.01 Å². The molecule has 60 valence electrons. The van der Waals surface area contributed by atoms with Gasteiger partial charge in [-0.1, -0.05) is 0 Å². The zero-order valence-corrected chi connectivity index (χ0v) is 6.24. The SMILES string of the molecule is CCOc1nc(N)cc(N)n1. The smallest absolute Gasteiger partial charge is 0.320 e. The lowest BCUT2D eigenvalue weighted by molar-refractivity contribution is 0.313. The van der Waals surface area contributed by atoms with Crippen molar-refractivity contribution in [3.63, 3.8) is 0 Å². The summed E-state index contributed by atoms with van der Waals surface area (Å²) in [6, 6.07) is 1.70. The predicted molar refractivity (Wildman–Crippen MR) is 42.0 cm³/mol. The predicted octanol–water partition coefficient (Wildman–Crippen LogP) is 0.0397. The van der Waals surface area contributed by atoms with Gasteiger partial charge in [-0.3, -0.25) is 0 Å². The maximum absolute atomic E-state index is 5.38. The highest BCUT2D eigenvalue weighted by molar-refractivity contribution is 5.41. The van der Waals surface area contributed by atoms with E-state index in [9.17, 15) is 0 Å². The highest BCUT2D eigenvalue weighted by atomic mass is 16.5. The van der Waals surface area contributed by atoms with Crippen LogP contribution in [0.3, 0.4) is 0 Å². The van der Waals surface area contributed by atoms with Gasteiger partial charge in [-0.25, -0.2) is 0 Å².